The summed E-state index contributed by atoms with van der Waals surface area (Å²) in [6, 6.07) is 5.73. The highest BCUT2D eigenvalue weighted by Crippen LogP contribution is 2.41. The van der Waals surface area contributed by atoms with E-state index >= 15 is 0 Å². The van der Waals surface area contributed by atoms with E-state index in [0.717, 1.165) is 95.0 Å². The number of methoxy groups -OCH3 is 1. The molecule has 0 bridgehead atoms. The Balaban J connectivity index is 1.16. The van der Waals surface area contributed by atoms with Crippen molar-refractivity contribution in [2.45, 2.75) is 76.4 Å². The number of likely N-dealkylation sites (tertiary alicyclic amines) is 1. The monoisotopic (exact) mass is 486 g/mol. The van der Waals surface area contributed by atoms with Gasteiger partial charge in [0.1, 0.15) is 11.1 Å². The van der Waals surface area contributed by atoms with Crippen molar-refractivity contribution in [2.75, 3.05) is 33.4 Å². The summed E-state index contributed by atoms with van der Waals surface area (Å²) in [7, 11) is 1.51. The van der Waals surface area contributed by atoms with Crippen LogP contribution in [0.3, 0.4) is 0 Å². The lowest BCUT2D eigenvalue weighted by atomic mass is 9.84. The van der Waals surface area contributed by atoms with Gasteiger partial charge in [-0.3, -0.25) is 4.79 Å². The first-order valence-corrected chi connectivity index (χ1v) is 13.2. The van der Waals surface area contributed by atoms with Crippen LogP contribution >= 0.6 is 0 Å². The fraction of sp³-hybridized carbons (Fsp3) is 0.704. The summed E-state index contributed by atoms with van der Waals surface area (Å²) in [5.41, 5.74) is 0.345. The first kappa shape index (κ1) is 24.4. The first-order chi connectivity index (χ1) is 17.1. The van der Waals surface area contributed by atoms with Crippen LogP contribution in [0.4, 0.5) is 0 Å². The van der Waals surface area contributed by atoms with Gasteiger partial charge in [-0.05, 0) is 87.7 Å². The molecule has 0 atom stereocenters. The summed E-state index contributed by atoms with van der Waals surface area (Å²) in [4.78, 5) is 14.9. The number of carbonyl (C=O) groups is 1. The third kappa shape index (κ3) is 5.43. The van der Waals surface area contributed by atoms with Gasteiger partial charge in [0.05, 0.1) is 31.3 Å². The standard InChI is InChI=1S/C27H38N2O6/c1-32-26(31)27(13-2-3-14-27)18-29-15-11-19(12-16-29)17-33-25-24-22(5-4-6-23(24)35-28-25)34-21-9-7-20(30)8-10-21/h4-6,19-21,30H,2-3,7-18H2,1H3. The molecule has 0 radical (unpaired) electrons. The van der Waals surface area contributed by atoms with E-state index < -0.39 is 0 Å². The lowest BCUT2D eigenvalue weighted by molar-refractivity contribution is -0.154. The van der Waals surface area contributed by atoms with Gasteiger partial charge >= 0.3 is 5.97 Å². The zero-order valence-corrected chi connectivity index (χ0v) is 20.7. The molecule has 35 heavy (non-hydrogen) atoms. The Morgan fingerprint density at radius 2 is 1.89 bits per heavy atom. The Morgan fingerprint density at radius 3 is 2.60 bits per heavy atom. The molecule has 2 heterocycles. The highest BCUT2D eigenvalue weighted by Gasteiger charge is 2.43. The number of fused-ring (bicyclic) bond motifs is 1. The van der Waals surface area contributed by atoms with Crippen LogP contribution in [-0.2, 0) is 9.53 Å². The van der Waals surface area contributed by atoms with Crippen LogP contribution in [0.2, 0.25) is 0 Å². The first-order valence-electron chi connectivity index (χ1n) is 13.2. The Labute approximate surface area is 206 Å². The van der Waals surface area contributed by atoms with Gasteiger partial charge in [-0.25, -0.2) is 0 Å². The molecule has 8 nitrogen and oxygen atoms in total. The second-order valence-corrected chi connectivity index (χ2v) is 10.7. The SMILES string of the molecule is COC(=O)C1(CN2CCC(COc3noc4cccc(OC5CCC(O)CC5)c34)CC2)CCCC1. The number of hydrogen-bond donors (Lipinski definition) is 1. The molecule has 0 unspecified atom stereocenters. The number of nitrogens with zero attached hydrogens (tertiary/aromatic N) is 2. The van der Waals surface area contributed by atoms with E-state index in [1.54, 1.807) is 0 Å². The highest BCUT2D eigenvalue weighted by atomic mass is 16.5. The van der Waals surface area contributed by atoms with E-state index in [1.807, 2.05) is 18.2 Å². The maximum Gasteiger partial charge on any atom is 0.313 e. The van der Waals surface area contributed by atoms with Crippen molar-refractivity contribution in [3.8, 4) is 11.6 Å². The fourth-order valence-electron chi connectivity index (χ4n) is 6.10. The van der Waals surface area contributed by atoms with E-state index in [9.17, 15) is 9.90 Å². The number of benzene rings is 1. The number of esters is 1. The third-order valence-corrected chi connectivity index (χ3v) is 8.23. The van der Waals surface area contributed by atoms with Gasteiger partial charge in [0.25, 0.3) is 5.88 Å². The van der Waals surface area contributed by atoms with Gasteiger partial charge < -0.3 is 28.7 Å². The van der Waals surface area contributed by atoms with Gasteiger partial charge in [-0.15, -0.1) is 0 Å². The number of aromatic nitrogens is 1. The smallest absolute Gasteiger partial charge is 0.313 e. The topological polar surface area (TPSA) is 94.3 Å². The highest BCUT2D eigenvalue weighted by molar-refractivity contribution is 5.88. The van der Waals surface area contributed by atoms with Gasteiger partial charge in [0.2, 0.25) is 0 Å². The molecule has 8 heteroatoms. The van der Waals surface area contributed by atoms with E-state index in [4.69, 9.17) is 18.7 Å². The van der Waals surface area contributed by atoms with Crippen molar-refractivity contribution in [1.29, 1.82) is 0 Å². The van der Waals surface area contributed by atoms with Crippen LogP contribution in [0.15, 0.2) is 22.7 Å². The van der Waals surface area contributed by atoms with Crippen LogP contribution in [0.5, 0.6) is 11.6 Å². The maximum atomic E-state index is 12.5. The summed E-state index contributed by atoms with van der Waals surface area (Å²) >= 11 is 0. The minimum atomic E-state index is -0.315. The number of rotatable bonds is 8. The number of aliphatic hydroxyl groups is 1. The summed E-state index contributed by atoms with van der Waals surface area (Å²) in [5.74, 6) is 1.62. The lowest BCUT2D eigenvalue weighted by Crippen LogP contribution is -2.45. The maximum absolute atomic E-state index is 12.5. The number of ether oxygens (including phenoxy) is 3. The summed E-state index contributed by atoms with van der Waals surface area (Å²) < 4.78 is 23.1. The third-order valence-electron chi connectivity index (χ3n) is 8.23. The minimum Gasteiger partial charge on any atom is -0.489 e. The molecular formula is C27H38N2O6. The van der Waals surface area contributed by atoms with Crippen molar-refractivity contribution < 1.29 is 28.6 Å². The fourth-order valence-corrected chi connectivity index (χ4v) is 6.10. The van der Waals surface area contributed by atoms with Crippen molar-refractivity contribution in [2.24, 2.45) is 11.3 Å². The zero-order valence-electron chi connectivity index (χ0n) is 20.7. The quantitative estimate of drug-likeness (QED) is 0.551. The predicted octanol–water partition coefficient (Wildman–Crippen LogP) is 4.33. The van der Waals surface area contributed by atoms with Crippen LogP contribution < -0.4 is 9.47 Å². The number of hydrogen-bond acceptors (Lipinski definition) is 8. The molecule has 1 aliphatic heterocycles. The van der Waals surface area contributed by atoms with Crippen molar-refractivity contribution in [3.63, 3.8) is 0 Å². The van der Waals surface area contributed by atoms with E-state index in [2.05, 4.69) is 10.1 Å². The molecule has 0 amide bonds. The van der Waals surface area contributed by atoms with Gasteiger partial charge in [-0.1, -0.05) is 18.9 Å². The van der Waals surface area contributed by atoms with Gasteiger partial charge in [0.15, 0.2) is 5.58 Å². The van der Waals surface area contributed by atoms with E-state index in [0.29, 0.717) is 24.0 Å². The second-order valence-electron chi connectivity index (χ2n) is 10.7. The van der Waals surface area contributed by atoms with Crippen molar-refractivity contribution >= 4 is 16.9 Å². The largest absolute Gasteiger partial charge is 0.489 e. The van der Waals surface area contributed by atoms with Crippen molar-refractivity contribution in [1.82, 2.24) is 10.1 Å². The zero-order chi connectivity index (χ0) is 24.3. The molecule has 1 aromatic heterocycles. The van der Waals surface area contributed by atoms with E-state index in [-0.39, 0.29) is 23.6 Å². The van der Waals surface area contributed by atoms with Gasteiger partial charge in [-0.2, -0.15) is 0 Å². The van der Waals surface area contributed by atoms with Crippen LogP contribution in [0, 0.1) is 11.3 Å². The molecule has 2 aliphatic carbocycles. The predicted molar refractivity (Wildman–Crippen MR) is 130 cm³/mol. The molecule has 3 aliphatic rings. The normalized spacial score (nSPS) is 25.5. The summed E-state index contributed by atoms with van der Waals surface area (Å²) in [6.07, 6.45) is 9.26. The average molecular weight is 487 g/mol. The molecule has 1 aromatic carbocycles. The molecule has 2 aromatic rings. The Bertz CT molecular complexity index is 985. The average Bonchev–Trinajstić information content (AvgIpc) is 3.53. The number of aliphatic hydroxyl groups excluding tert-OH is 1. The van der Waals surface area contributed by atoms with Crippen LogP contribution in [-0.4, -0.2) is 66.7 Å². The van der Waals surface area contributed by atoms with Crippen LogP contribution in [0.25, 0.3) is 11.0 Å². The molecule has 1 N–H and O–H groups in total. The Morgan fingerprint density at radius 1 is 1.14 bits per heavy atom. The Kier molecular flexibility index (Phi) is 7.48. The molecular weight excluding hydrogens is 448 g/mol. The second kappa shape index (κ2) is 10.7. The number of carbonyl (C=O) groups excluding carboxylic acids is 1. The van der Waals surface area contributed by atoms with Crippen molar-refractivity contribution in [3.05, 3.63) is 18.2 Å². The molecule has 2 saturated carbocycles. The molecule has 3 fully saturated rings. The molecule has 0 spiro atoms. The van der Waals surface area contributed by atoms with Gasteiger partial charge in [0, 0.05) is 6.54 Å². The number of piperidine rings is 1. The summed E-state index contributed by atoms with van der Waals surface area (Å²) in [5, 5.41) is 14.8. The summed E-state index contributed by atoms with van der Waals surface area (Å²) in [6.45, 7) is 3.32. The minimum absolute atomic E-state index is 0.0409. The van der Waals surface area contributed by atoms with E-state index in [1.165, 1.54) is 7.11 Å². The molecule has 5 rings (SSSR count). The van der Waals surface area contributed by atoms with Crippen LogP contribution in [0.1, 0.15) is 64.2 Å². The molecule has 192 valence electrons. The lowest BCUT2D eigenvalue weighted by Gasteiger charge is -2.37. The molecule has 1 saturated heterocycles. The Hall–Kier alpha value is -2.32.